The number of likely N-dealkylation sites (tertiary alicyclic amines) is 1. The molecule has 0 bridgehead atoms. The lowest BCUT2D eigenvalue weighted by Crippen LogP contribution is -2.40. The molecule has 2 fully saturated rings. The van der Waals surface area contributed by atoms with Gasteiger partial charge in [-0.25, -0.2) is 0 Å². The number of aryl methyl sites for hydroxylation is 2. The predicted molar refractivity (Wildman–Crippen MR) is 107 cm³/mol. The molecule has 1 saturated carbocycles. The molecule has 2 heterocycles. The molecular formula is C22H28N4O3. The van der Waals surface area contributed by atoms with Gasteiger partial charge in [-0.3, -0.25) is 9.59 Å². The van der Waals surface area contributed by atoms with Gasteiger partial charge in [0.05, 0.1) is 5.41 Å². The van der Waals surface area contributed by atoms with Gasteiger partial charge in [0, 0.05) is 30.6 Å². The summed E-state index contributed by atoms with van der Waals surface area (Å²) in [6.45, 7) is 8.85. The van der Waals surface area contributed by atoms with Crippen LogP contribution < -0.4 is 5.32 Å². The quantitative estimate of drug-likeness (QED) is 0.858. The van der Waals surface area contributed by atoms with Crippen molar-refractivity contribution < 1.29 is 14.1 Å². The van der Waals surface area contributed by atoms with Crippen LogP contribution in [0.3, 0.4) is 0 Å². The van der Waals surface area contributed by atoms with E-state index in [9.17, 15) is 9.59 Å². The summed E-state index contributed by atoms with van der Waals surface area (Å²) in [4.78, 5) is 31.8. The summed E-state index contributed by atoms with van der Waals surface area (Å²) in [6, 6.07) is 7.61. The molecule has 1 aliphatic heterocycles. The molecule has 7 heteroatoms. The fourth-order valence-corrected chi connectivity index (χ4v) is 4.90. The predicted octanol–water partition coefficient (Wildman–Crippen LogP) is 2.63. The second-order valence-corrected chi connectivity index (χ2v) is 8.85. The molecule has 2 aliphatic rings. The van der Waals surface area contributed by atoms with E-state index in [0.717, 1.165) is 12.0 Å². The Morgan fingerprint density at radius 3 is 2.76 bits per heavy atom. The molecule has 1 aromatic carbocycles. The topological polar surface area (TPSA) is 88.3 Å². The van der Waals surface area contributed by atoms with Crippen molar-refractivity contribution in [3.8, 4) is 0 Å². The van der Waals surface area contributed by atoms with Crippen LogP contribution in [0, 0.1) is 25.7 Å². The SMILES string of the molecule is Cc1cccc(C(=O)NC2CC3CN(C(=O)C(C)C)CC3(c3nc(C)no3)C2)c1. The molecule has 3 atom stereocenters. The molecule has 1 N–H and O–H groups in total. The van der Waals surface area contributed by atoms with Crippen LogP contribution in [0.25, 0.3) is 0 Å². The molecule has 7 nitrogen and oxygen atoms in total. The maximum absolute atomic E-state index is 12.8. The first-order valence-electron chi connectivity index (χ1n) is 10.3. The summed E-state index contributed by atoms with van der Waals surface area (Å²) >= 11 is 0. The maximum Gasteiger partial charge on any atom is 0.251 e. The van der Waals surface area contributed by atoms with E-state index in [-0.39, 0.29) is 29.7 Å². The van der Waals surface area contributed by atoms with Crippen molar-refractivity contribution in [3.63, 3.8) is 0 Å². The van der Waals surface area contributed by atoms with Gasteiger partial charge in [0.1, 0.15) is 0 Å². The number of benzene rings is 1. The first kappa shape index (κ1) is 19.6. The molecule has 0 spiro atoms. The van der Waals surface area contributed by atoms with E-state index in [1.165, 1.54) is 0 Å². The van der Waals surface area contributed by atoms with E-state index in [4.69, 9.17) is 4.52 Å². The number of rotatable bonds is 4. The Morgan fingerprint density at radius 1 is 1.31 bits per heavy atom. The average molecular weight is 396 g/mol. The summed E-state index contributed by atoms with van der Waals surface area (Å²) in [5, 5.41) is 7.17. The zero-order valence-electron chi connectivity index (χ0n) is 17.4. The highest BCUT2D eigenvalue weighted by Crippen LogP contribution is 2.50. The number of aromatic nitrogens is 2. The second kappa shape index (κ2) is 7.28. The molecule has 2 aromatic rings. The zero-order chi connectivity index (χ0) is 20.8. The molecule has 1 aliphatic carbocycles. The fraction of sp³-hybridized carbons (Fsp3) is 0.545. The number of carbonyl (C=O) groups is 2. The summed E-state index contributed by atoms with van der Waals surface area (Å²) < 4.78 is 5.58. The summed E-state index contributed by atoms with van der Waals surface area (Å²) in [6.07, 6.45) is 1.49. The monoisotopic (exact) mass is 396 g/mol. The lowest BCUT2D eigenvalue weighted by Gasteiger charge is -2.26. The molecule has 3 unspecified atom stereocenters. The maximum atomic E-state index is 12.8. The van der Waals surface area contributed by atoms with Gasteiger partial charge < -0.3 is 14.7 Å². The highest BCUT2D eigenvalue weighted by Gasteiger charge is 2.58. The lowest BCUT2D eigenvalue weighted by molar-refractivity contribution is -0.133. The molecule has 1 saturated heterocycles. The highest BCUT2D eigenvalue weighted by atomic mass is 16.5. The third-order valence-electron chi connectivity index (χ3n) is 6.25. The van der Waals surface area contributed by atoms with Crippen LogP contribution in [0.2, 0.25) is 0 Å². The van der Waals surface area contributed by atoms with Crippen molar-refractivity contribution in [1.82, 2.24) is 20.4 Å². The van der Waals surface area contributed by atoms with E-state index >= 15 is 0 Å². The third-order valence-corrected chi connectivity index (χ3v) is 6.25. The van der Waals surface area contributed by atoms with Gasteiger partial charge in [-0.05, 0) is 44.7 Å². The number of amides is 2. The van der Waals surface area contributed by atoms with Gasteiger partial charge >= 0.3 is 0 Å². The average Bonchev–Trinajstić information content (AvgIpc) is 3.33. The van der Waals surface area contributed by atoms with Gasteiger partial charge in [-0.2, -0.15) is 4.98 Å². The Hall–Kier alpha value is -2.70. The van der Waals surface area contributed by atoms with E-state index in [1.807, 2.05) is 49.9 Å². The van der Waals surface area contributed by atoms with Gasteiger partial charge in [-0.1, -0.05) is 36.7 Å². The Balaban J connectivity index is 1.56. The van der Waals surface area contributed by atoms with Crippen LogP contribution in [0.4, 0.5) is 0 Å². The molecule has 2 amide bonds. The van der Waals surface area contributed by atoms with Crippen LogP contribution in [-0.2, 0) is 10.2 Å². The van der Waals surface area contributed by atoms with Crippen molar-refractivity contribution in [2.45, 2.75) is 52.0 Å². The number of hydrogen-bond acceptors (Lipinski definition) is 5. The molecule has 154 valence electrons. The van der Waals surface area contributed by atoms with Crippen LogP contribution >= 0.6 is 0 Å². The standard InChI is InChI=1S/C22H28N4O3/c1-13(2)20(28)26-11-17-9-18(24-19(27)16-7-5-6-14(3)8-16)10-22(17,12-26)21-23-15(4)25-29-21/h5-8,13,17-18H,9-12H2,1-4H3,(H,24,27). The summed E-state index contributed by atoms with van der Waals surface area (Å²) in [5.74, 6) is 1.40. The largest absolute Gasteiger partial charge is 0.349 e. The number of carbonyl (C=O) groups excluding carboxylic acids is 2. The van der Waals surface area contributed by atoms with Crippen LogP contribution in [0.1, 0.15) is 54.3 Å². The minimum absolute atomic E-state index is 0.0107. The number of nitrogens with zero attached hydrogens (tertiary/aromatic N) is 3. The van der Waals surface area contributed by atoms with E-state index in [2.05, 4.69) is 15.5 Å². The normalized spacial score (nSPS) is 26.0. The second-order valence-electron chi connectivity index (χ2n) is 8.85. The Bertz CT molecular complexity index is 938. The Labute approximate surface area is 170 Å². The van der Waals surface area contributed by atoms with Gasteiger partial charge in [-0.15, -0.1) is 0 Å². The fourth-order valence-electron chi connectivity index (χ4n) is 4.90. The van der Waals surface area contributed by atoms with E-state index in [0.29, 0.717) is 36.8 Å². The summed E-state index contributed by atoms with van der Waals surface area (Å²) in [7, 11) is 0. The number of nitrogens with one attached hydrogen (secondary N) is 1. The molecule has 1 aromatic heterocycles. The van der Waals surface area contributed by atoms with E-state index < -0.39 is 5.41 Å². The van der Waals surface area contributed by atoms with Crippen LogP contribution in [-0.4, -0.2) is 46.0 Å². The molecular weight excluding hydrogens is 368 g/mol. The smallest absolute Gasteiger partial charge is 0.251 e. The van der Waals surface area contributed by atoms with Crippen molar-refractivity contribution in [2.75, 3.05) is 13.1 Å². The first-order valence-corrected chi connectivity index (χ1v) is 10.3. The highest BCUT2D eigenvalue weighted by molar-refractivity contribution is 5.94. The Kier molecular flexibility index (Phi) is 4.92. The third kappa shape index (κ3) is 3.54. The molecule has 29 heavy (non-hydrogen) atoms. The lowest BCUT2D eigenvalue weighted by atomic mass is 9.80. The number of hydrogen-bond donors (Lipinski definition) is 1. The Morgan fingerprint density at radius 2 is 2.10 bits per heavy atom. The van der Waals surface area contributed by atoms with Crippen molar-refractivity contribution in [2.24, 2.45) is 11.8 Å². The van der Waals surface area contributed by atoms with Crippen molar-refractivity contribution in [1.29, 1.82) is 0 Å². The van der Waals surface area contributed by atoms with Gasteiger partial charge in [0.15, 0.2) is 5.82 Å². The van der Waals surface area contributed by atoms with Crippen LogP contribution in [0.5, 0.6) is 0 Å². The molecule has 0 radical (unpaired) electrons. The molecule has 4 rings (SSSR count). The van der Waals surface area contributed by atoms with Gasteiger partial charge in [0.2, 0.25) is 11.8 Å². The first-order chi connectivity index (χ1) is 13.8. The minimum Gasteiger partial charge on any atom is -0.349 e. The van der Waals surface area contributed by atoms with Crippen molar-refractivity contribution >= 4 is 11.8 Å². The summed E-state index contributed by atoms with van der Waals surface area (Å²) in [5.41, 5.74) is 1.33. The zero-order valence-corrected chi connectivity index (χ0v) is 17.4. The minimum atomic E-state index is -0.392. The number of fused-ring (bicyclic) bond motifs is 1. The van der Waals surface area contributed by atoms with Crippen molar-refractivity contribution in [3.05, 3.63) is 47.1 Å². The van der Waals surface area contributed by atoms with Crippen LogP contribution in [0.15, 0.2) is 28.8 Å². The van der Waals surface area contributed by atoms with E-state index in [1.54, 1.807) is 6.92 Å². The van der Waals surface area contributed by atoms with Gasteiger partial charge in [0.25, 0.3) is 5.91 Å².